The van der Waals surface area contributed by atoms with E-state index < -0.39 is 6.03 Å². The van der Waals surface area contributed by atoms with Crippen molar-refractivity contribution < 1.29 is 19.0 Å². The van der Waals surface area contributed by atoms with E-state index in [2.05, 4.69) is 30.6 Å². The lowest BCUT2D eigenvalue weighted by Crippen LogP contribution is -2.21. The smallest absolute Gasteiger partial charge is 0.326 e. The van der Waals surface area contributed by atoms with Gasteiger partial charge in [0.2, 0.25) is 11.7 Å². The minimum Gasteiger partial charge on any atom is -0.493 e. The first-order chi connectivity index (χ1) is 13.6. The molecule has 2 amide bonds. The number of hydrogen-bond donors (Lipinski definition) is 2. The summed E-state index contributed by atoms with van der Waals surface area (Å²) in [5, 5.41) is 5.24. The van der Waals surface area contributed by atoms with Gasteiger partial charge >= 0.3 is 6.03 Å². The fraction of sp³-hybridized carbons (Fsp3) is 0.167. The maximum atomic E-state index is 12.3. The van der Waals surface area contributed by atoms with Crippen LogP contribution in [-0.2, 0) is 0 Å². The third-order valence-corrected chi connectivity index (χ3v) is 3.66. The molecule has 3 rings (SSSR count). The Kier molecular flexibility index (Phi) is 5.80. The van der Waals surface area contributed by atoms with E-state index in [1.807, 2.05) is 0 Å². The van der Waals surface area contributed by atoms with E-state index in [0.717, 1.165) is 5.56 Å². The summed E-state index contributed by atoms with van der Waals surface area (Å²) in [6.45, 7) is 0. The molecule has 2 heterocycles. The Hall–Kier alpha value is -3.95. The van der Waals surface area contributed by atoms with Crippen LogP contribution in [0, 0.1) is 0 Å². The lowest BCUT2D eigenvalue weighted by molar-refractivity contribution is 0.262. The fourth-order valence-electron chi connectivity index (χ4n) is 2.41. The molecule has 0 saturated carbocycles. The molecule has 0 atom stereocenters. The van der Waals surface area contributed by atoms with Crippen LogP contribution in [0.4, 0.5) is 16.4 Å². The maximum Gasteiger partial charge on any atom is 0.326 e. The predicted molar refractivity (Wildman–Crippen MR) is 102 cm³/mol. The molecule has 0 aliphatic carbocycles. The van der Waals surface area contributed by atoms with Crippen molar-refractivity contribution in [1.82, 2.24) is 19.9 Å². The molecule has 2 aromatic heterocycles. The molecular formula is C18H18N6O4. The highest BCUT2D eigenvalue weighted by molar-refractivity contribution is 5.99. The van der Waals surface area contributed by atoms with Crippen LogP contribution in [0.25, 0.3) is 11.4 Å². The minimum atomic E-state index is -0.541. The number of amides is 2. The molecule has 144 valence electrons. The van der Waals surface area contributed by atoms with Crippen LogP contribution >= 0.6 is 0 Å². The van der Waals surface area contributed by atoms with Crippen molar-refractivity contribution in [3.8, 4) is 28.6 Å². The molecule has 3 aromatic rings. The number of nitrogens with zero attached hydrogens (tertiary/aromatic N) is 4. The number of carbonyl (C=O) groups excluding carboxylic acids is 1. The number of nitrogens with one attached hydrogen (secondary N) is 2. The number of urea groups is 1. The molecule has 10 heteroatoms. The average Bonchev–Trinajstić information content (AvgIpc) is 2.73. The quantitative estimate of drug-likeness (QED) is 0.667. The van der Waals surface area contributed by atoms with Crippen LogP contribution in [-0.4, -0.2) is 47.3 Å². The summed E-state index contributed by atoms with van der Waals surface area (Å²) in [5.41, 5.74) is 1.20. The van der Waals surface area contributed by atoms with E-state index in [1.54, 1.807) is 36.7 Å². The monoisotopic (exact) mass is 382 g/mol. The molecule has 0 aliphatic rings. The Morgan fingerprint density at radius 3 is 2.21 bits per heavy atom. The number of pyridine rings is 1. The average molecular weight is 382 g/mol. The van der Waals surface area contributed by atoms with Gasteiger partial charge in [0, 0.05) is 30.1 Å². The molecule has 0 spiro atoms. The second-order valence-corrected chi connectivity index (χ2v) is 5.36. The Bertz CT molecular complexity index is 942. The highest BCUT2D eigenvalue weighted by Gasteiger charge is 2.15. The van der Waals surface area contributed by atoms with Gasteiger partial charge < -0.3 is 19.5 Å². The number of carbonyl (C=O) groups is 1. The van der Waals surface area contributed by atoms with E-state index >= 15 is 0 Å². The topological polar surface area (TPSA) is 120 Å². The third kappa shape index (κ3) is 4.23. The van der Waals surface area contributed by atoms with E-state index in [-0.39, 0.29) is 5.95 Å². The van der Waals surface area contributed by atoms with Gasteiger partial charge in [0.1, 0.15) is 6.33 Å². The fourth-order valence-corrected chi connectivity index (χ4v) is 2.41. The first-order valence-electron chi connectivity index (χ1n) is 8.12. The van der Waals surface area contributed by atoms with Gasteiger partial charge in [-0.15, -0.1) is 0 Å². The predicted octanol–water partition coefficient (Wildman–Crippen LogP) is 2.60. The van der Waals surface area contributed by atoms with E-state index in [0.29, 0.717) is 28.8 Å². The lowest BCUT2D eigenvalue weighted by atomic mass is 10.2. The second kappa shape index (κ2) is 8.62. The summed E-state index contributed by atoms with van der Waals surface area (Å²) < 4.78 is 15.8. The number of anilines is 2. The van der Waals surface area contributed by atoms with Crippen molar-refractivity contribution in [2.45, 2.75) is 0 Å². The number of ether oxygens (including phenoxy) is 3. The van der Waals surface area contributed by atoms with Crippen LogP contribution in [0.5, 0.6) is 17.2 Å². The summed E-state index contributed by atoms with van der Waals surface area (Å²) in [6, 6.07) is 6.19. The molecule has 0 radical (unpaired) electrons. The summed E-state index contributed by atoms with van der Waals surface area (Å²) >= 11 is 0. The maximum absolute atomic E-state index is 12.3. The number of hydrogen-bond acceptors (Lipinski definition) is 8. The van der Waals surface area contributed by atoms with Crippen molar-refractivity contribution in [2.24, 2.45) is 0 Å². The zero-order valence-corrected chi connectivity index (χ0v) is 15.5. The zero-order valence-electron chi connectivity index (χ0n) is 15.5. The number of methoxy groups -OCH3 is 3. The molecule has 0 saturated heterocycles. The molecule has 1 aromatic carbocycles. The Morgan fingerprint density at radius 2 is 1.61 bits per heavy atom. The van der Waals surface area contributed by atoms with Gasteiger partial charge in [-0.3, -0.25) is 10.3 Å². The Labute approximate surface area is 160 Å². The van der Waals surface area contributed by atoms with E-state index in [1.165, 1.54) is 27.7 Å². The summed E-state index contributed by atoms with van der Waals surface area (Å²) in [4.78, 5) is 28.6. The van der Waals surface area contributed by atoms with Crippen molar-refractivity contribution in [1.29, 1.82) is 0 Å². The standard InChI is InChI=1S/C18H18N6O4/c1-26-13-8-12(9-14(27-2)15(13)28-3)22-18(25)24-17-21-10-20-16(23-17)11-4-6-19-7-5-11/h4-10H,1-3H3,(H2,20,21,22,23,24,25). The van der Waals surface area contributed by atoms with Gasteiger partial charge in [0.05, 0.1) is 27.0 Å². The van der Waals surface area contributed by atoms with E-state index in [9.17, 15) is 4.79 Å². The van der Waals surface area contributed by atoms with Crippen molar-refractivity contribution >= 4 is 17.7 Å². The molecule has 10 nitrogen and oxygen atoms in total. The van der Waals surface area contributed by atoms with Gasteiger partial charge in [-0.2, -0.15) is 4.98 Å². The zero-order chi connectivity index (χ0) is 19.9. The van der Waals surface area contributed by atoms with Crippen LogP contribution in [0.15, 0.2) is 43.0 Å². The van der Waals surface area contributed by atoms with Crippen LogP contribution in [0.1, 0.15) is 0 Å². The van der Waals surface area contributed by atoms with Crippen molar-refractivity contribution in [3.63, 3.8) is 0 Å². The first-order valence-corrected chi connectivity index (χ1v) is 8.12. The molecule has 2 N–H and O–H groups in total. The molecule has 0 bridgehead atoms. The van der Waals surface area contributed by atoms with Gasteiger partial charge in [-0.25, -0.2) is 14.8 Å². The molecule has 28 heavy (non-hydrogen) atoms. The van der Waals surface area contributed by atoms with Gasteiger partial charge in [-0.1, -0.05) is 0 Å². The van der Waals surface area contributed by atoms with Gasteiger partial charge in [0.25, 0.3) is 0 Å². The van der Waals surface area contributed by atoms with Crippen molar-refractivity contribution in [3.05, 3.63) is 43.0 Å². The molecular weight excluding hydrogens is 364 g/mol. The lowest BCUT2D eigenvalue weighted by Gasteiger charge is -2.14. The van der Waals surface area contributed by atoms with Crippen LogP contribution in [0.3, 0.4) is 0 Å². The summed E-state index contributed by atoms with van der Waals surface area (Å²) in [6.07, 6.45) is 4.57. The molecule has 0 unspecified atom stereocenters. The molecule has 0 fully saturated rings. The Balaban J connectivity index is 1.76. The van der Waals surface area contributed by atoms with E-state index in [4.69, 9.17) is 14.2 Å². The van der Waals surface area contributed by atoms with Crippen LogP contribution in [0.2, 0.25) is 0 Å². The summed E-state index contributed by atoms with van der Waals surface area (Å²) in [5.74, 6) is 1.78. The molecule has 0 aliphatic heterocycles. The second-order valence-electron chi connectivity index (χ2n) is 5.36. The van der Waals surface area contributed by atoms with Crippen molar-refractivity contribution in [2.75, 3.05) is 32.0 Å². The highest BCUT2D eigenvalue weighted by atomic mass is 16.5. The SMILES string of the molecule is COc1cc(NC(=O)Nc2ncnc(-c3ccncc3)n2)cc(OC)c1OC. The number of benzene rings is 1. The normalized spacial score (nSPS) is 10.1. The number of rotatable bonds is 6. The number of aromatic nitrogens is 4. The van der Waals surface area contributed by atoms with Gasteiger partial charge in [-0.05, 0) is 12.1 Å². The summed E-state index contributed by atoms with van der Waals surface area (Å²) in [7, 11) is 4.49. The third-order valence-electron chi connectivity index (χ3n) is 3.66. The van der Waals surface area contributed by atoms with Crippen LogP contribution < -0.4 is 24.8 Å². The Morgan fingerprint density at radius 1 is 0.929 bits per heavy atom. The highest BCUT2D eigenvalue weighted by Crippen LogP contribution is 2.39. The first kappa shape index (κ1) is 18.8. The minimum absolute atomic E-state index is 0.103. The largest absolute Gasteiger partial charge is 0.493 e. The van der Waals surface area contributed by atoms with Gasteiger partial charge in [0.15, 0.2) is 17.3 Å².